The van der Waals surface area contributed by atoms with Gasteiger partial charge in [0.05, 0.1) is 5.92 Å². The molecule has 0 aliphatic heterocycles. The maximum Gasteiger partial charge on any atom is 0.242 e. The Bertz CT molecular complexity index is 531. The van der Waals surface area contributed by atoms with Crippen LogP contribution >= 0.6 is 11.8 Å². The number of hydrogen-bond donors (Lipinski definition) is 2. The monoisotopic (exact) mass is 286 g/mol. The van der Waals surface area contributed by atoms with E-state index in [-0.39, 0.29) is 11.8 Å². The van der Waals surface area contributed by atoms with E-state index < -0.39 is 0 Å². The van der Waals surface area contributed by atoms with Crippen LogP contribution in [0.5, 0.6) is 0 Å². The second kappa shape index (κ2) is 7.72. The van der Waals surface area contributed by atoms with Gasteiger partial charge in [-0.3, -0.25) is 10.2 Å². The van der Waals surface area contributed by atoms with Gasteiger partial charge in [-0.25, -0.2) is 5.84 Å². The fourth-order valence-electron chi connectivity index (χ4n) is 1.98. The third-order valence-corrected chi connectivity index (χ3v) is 4.16. The molecule has 0 aliphatic rings. The molecule has 104 valence electrons. The second-order valence-electron chi connectivity index (χ2n) is 4.47. The first kappa shape index (κ1) is 14.6. The van der Waals surface area contributed by atoms with Gasteiger partial charge in [-0.2, -0.15) is 11.8 Å². The van der Waals surface area contributed by atoms with Crippen LogP contribution in [0.3, 0.4) is 0 Å². The lowest BCUT2D eigenvalue weighted by Crippen LogP contribution is -2.35. The molecule has 3 N–H and O–H groups in total. The quantitative estimate of drug-likeness (QED) is 0.488. The number of hydrazine groups is 1. The molecule has 0 bridgehead atoms. The van der Waals surface area contributed by atoms with Gasteiger partial charge in [0.1, 0.15) is 0 Å². The lowest BCUT2D eigenvalue weighted by Gasteiger charge is -2.15. The maximum absolute atomic E-state index is 11.9. The molecule has 1 atom stereocenters. The zero-order valence-corrected chi connectivity index (χ0v) is 12.0. The predicted octanol–water partition coefficient (Wildman–Crippen LogP) is 2.69. The summed E-state index contributed by atoms with van der Waals surface area (Å²) in [7, 11) is 0. The summed E-state index contributed by atoms with van der Waals surface area (Å²) < 4.78 is 0. The smallest absolute Gasteiger partial charge is 0.242 e. The van der Waals surface area contributed by atoms with E-state index in [1.54, 1.807) is 11.8 Å². The van der Waals surface area contributed by atoms with E-state index in [9.17, 15) is 4.79 Å². The minimum absolute atomic E-state index is 0.142. The Morgan fingerprint density at radius 2 is 1.65 bits per heavy atom. The molecule has 0 heterocycles. The highest BCUT2D eigenvalue weighted by molar-refractivity contribution is 7.98. The highest BCUT2D eigenvalue weighted by Crippen LogP contribution is 2.23. The highest BCUT2D eigenvalue weighted by Gasteiger charge is 2.19. The molecule has 2 aromatic carbocycles. The molecule has 0 fully saturated rings. The largest absolute Gasteiger partial charge is 0.294 e. The Kier molecular flexibility index (Phi) is 5.65. The molecule has 0 aromatic heterocycles. The molecule has 1 amide bonds. The minimum Gasteiger partial charge on any atom is -0.294 e. The zero-order valence-electron chi connectivity index (χ0n) is 11.2. The third kappa shape index (κ3) is 4.11. The molecule has 1 unspecified atom stereocenters. The van der Waals surface area contributed by atoms with Crippen LogP contribution in [-0.2, 0) is 10.5 Å². The van der Waals surface area contributed by atoms with Crippen molar-refractivity contribution in [3.63, 3.8) is 0 Å². The molecule has 20 heavy (non-hydrogen) atoms. The van der Waals surface area contributed by atoms with E-state index in [2.05, 4.69) is 17.6 Å². The van der Waals surface area contributed by atoms with Gasteiger partial charge in [0.25, 0.3) is 0 Å². The van der Waals surface area contributed by atoms with Crippen LogP contribution in [0.15, 0.2) is 60.7 Å². The lowest BCUT2D eigenvalue weighted by molar-refractivity contribution is -0.122. The van der Waals surface area contributed by atoms with E-state index in [0.29, 0.717) is 5.75 Å². The summed E-state index contributed by atoms with van der Waals surface area (Å²) in [5.41, 5.74) is 4.52. The average Bonchev–Trinajstić information content (AvgIpc) is 2.53. The van der Waals surface area contributed by atoms with Crippen molar-refractivity contribution < 1.29 is 4.79 Å². The van der Waals surface area contributed by atoms with Gasteiger partial charge < -0.3 is 0 Å². The molecule has 4 heteroatoms. The van der Waals surface area contributed by atoms with Crippen molar-refractivity contribution in [2.45, 2.75) is 11.7 Å². The first-order chi connectivity index (χ1) is 9.81. The van der Waals surface area contributed by atoms with Crippen LogP contribution in [0.4, 0.5) is 0 Å². The summed E-state index contributed by atoms with van der Waals surface area (Å²) in [6.07, 6.45) is 0. The summed E-state index contributed by atoms with van der Waals surface area (Å²) in [6.45, 7) is 0. The number of nitrogens with two attached hydrogens (primary N) is 1. The number of nitrogens with one attached hydrogen (secondary N) is 1. The van der Waals surface area contributed by atoms with Gasteiger partial charge in [0, 0.05) is 11.5 Å². The van der Waals surface area contributed by atoms with Gasteiger partial charge in [-0.05, 0) is 11.1 Å². The Balaban J connectivity index is 1.97. The molecule has 2 aromatic rings. The molecule has 0 aliphatic carbocycles. The third-order valence-electron chi connectivity index (χ3n) is 3.06. The predicted molar refractivity (Wildman–Crippen MR) is 84.1 cm³/mol. The summed E-state index contributed by atoms with van der Waals surface area (Å²) in [5, 5.41) is 0. The van der Waals surface area contributed by atoms with Crippen molar-refractivity contribution in [2.75, 3.05) is 5.75 Å². The van der Waals surface area contributed by atoms with Gasteiger partial charge >= 0.3 is 0 Å². The van der Waals surface area contributed by atoms with Crippen molar-refractivity contribution in [3.8, 4) is 0 Å². The average molecular weight is 286 g/mol. The van der Waals surface area contributed by atoms with Crippen molar-refractivity contribution in [2.24, 2.45) is 5.84 Å². The molecule has 3 nitrogen and oxygen atoms in total. The topological polar surface area (TPSA) is 55.1 Å². The Morgan fingerprint density at radius 3 is 2.25 bits per heavy atom. The van der Waals surface area contributed by atoms with Crippen molar-refractivity contribution in [3.05, 3.63) is 71.8 Å². The maximum atomic E-state index is 11.9. The molecule has 2 rings (SSSR count). The number of thioether (sulfide) groups is 1. The fraction of sp³-hybridized carbons (Fsp3) is 0.188. The van der Waals surface area contributed by atoms with Crippen LogP contribution in [0.1, 0.15) is 17.0 Å². The van der Waals surface area contributed by atoms with E-state index in [0.717, 1.165) is 11.3 Å². The summed E-state index contributed by atoms with van der Waals surface area (Å²) in [5.74, 6) is 6.53. The number of hydrogen-bond acceptors (Lipinski definition) is 3. The summed E-state index contributed by atoms with van der Waals surface area (Å²) in [6, 6.07) is 20.0. The number of carbonyl (C=O) groups excluding carboxylic acids is 1. The highest BCUT2D eigenvalue weighted by atomic mass is 32.2. The summed E-state index contributed by atoms with van der Waals surface area (Å²) >= 11 is 1.74. The molecule has 0 spiro atoms. The summed E-state index contributed by atoms with van der Waals surface area (Å²) in [4.78, 5) is 11.9. The Labute approximate surface area is 123 Å². The standard InChI is InChI=1S/C16H18N2OS/c17-18-16(19)15(14-9-5-2-6-10-14)12-20-11-13-7-3-1-4-8-13/h1-10,15H,11-12,17H2,(H,18,19). The van der Waals surface area contributed by atoms with Gasteiger partial charge in [-0.1, -0.05) is 60.7 Å². The molecule has 0 radical (unpaired) electrons. The SMILES string of the molecule is NNC(=O)C(CSCc1ccccc1)c1ccccc1. The lowest BCUT2D eigenvalue weighted by atomic mass is 10.0. The Hall–Kier alpha value is -1.78. The molecule has 0 saturated heterocycles. The number of carbonyl (C=O) groups is 1. The number of amides is 1. The fourth-order valence-corrected chi connectivity index (χ4v) is 3.10. The molecular formula is C16H18N2OS. The van der Waals surface area contributed by atoms with Crippen LogP contribution in [0.25, 0.3) is 0 Å². The zero-order chi connectivity index (χ0) is 14.2. The number of rotatable bonds is 6. The van der Waals surface area contributed by atoms with Crippen LogP contribution in [0, 0.1) is 0 Å². The first-order valence-corrected chi connectivity index (χ1v) is 7.64. The number of benzene rings is 2. The van der Waals surface area contributed by atoms with Gasteiger partial charge in [0.15, 0.2) is 0 Å². The normalized spacial score (nSPS) is 11.8. The van der Waals surface area contributed by atoms with E-state index in [4.69, 9.17) is 5.84 Å². The molecular weight excluding hydrogens is 268 g/mol. The van der Waals surface area contributed by atoms with Crippen molar-refractivity contribution >= 4 is 17.7 Å². The van der Waals surface area contributed by atoms with Gasteiger partial charge in [-0.15, -0.1) is 0 Å². The second-order valence-corrected chi connectivity index (χ2v) is 5.50. The van der Waals surface area contributed by atoms with Crippen molar-refractivity contribution in [1.82, 2.24) is 5.43 Å². The first-order valence-electron chi connectivity index (χ1n) is 6.48. The van der Waals surface area contributed by atoms with Crippen LogP contribution in [-0.4, -0.2) is 11.7 Å². The van der Waals surface area contributed by atoms with Gasteiger partial charge in [0.2, 0.25) is 5.91 Å². The van der Waals surface area contributed by atoms with Crippen LogP contribution in [0.2, 0.25) is 0 Å². The van der Waals surface area contributed by atoms with E-state index in [1.807, 2.05) is 48.5 Å². The molecule has 0 saturated carbocycles. The minimum atomic E-state index is -0.213. The van der Waals surface area contributed by atoms with Crippen molar-refractivity contribution in [1.29, 1.82) is 0 Å². The van der Waals surface area contributed by atoms with Crippen LogP contribution < -0.4 is 11.3 Å². The van der Waals surface area contributed by atoms with E-state index in [1.165, 1.54) is 5.56 Å². The van der Waals surface area contributed by atoms with E-state index >= 15 is 0 Å². The Morgan fingerprint density at radius 1 is 1.05 bits per heavy atom.